The molecule has 0 fully saturated rings. The Morgan fingerprint density at radius 3 is 2.79 bits per heavy atom. The van der Waals surface area contributed by atoms with Gasteiger partial charge in [-0.05, 0) is 48.7 Å². The Labute approximate surface area is 172 Å². The largest absolute Gasteiger partial charge is 0.322 e. The Balaban J connectivity index is 1.70. The van der Waals surface area contributed by atoms with Gasteiger partial charge >= 0.3 is 0 Å². The molecule has 2 heterocycles. The molecule has 7 heteroatoms. The minimum absolute atomic E-state index is 0.0587. The summed E-state index contributed by atoms with van der Waals surface area (Å²) < 4.78 is 1.77. The van der Waals surface area contributed by atoms with Crippen LogP contribution in [0.15, 0.2) is 48.0 Å². The van der Waals surface area contributed by atoms with E-state index in [0.29, 0.717) is 16.8 Å². The first-order valence-corrected chi connectivity index (χ1v) is 10.1. The fraction of sp³-hybridized carbons (Fsp3) is 0.182. The first-order chi connectivity index (χ1) is 14.0. The van der Waals surface area contributed by atoms with Gasteiger partial charge in [-0.1, -0.05) is 19.9 Å². The Hall–Kier alpha value is -3.50. The van der Waals surface area contributed by atoms with Crippen molar-refractivity contribution >= 4 is 33.8 Å². The van der Waals surface area contributed by atoms with Crippen LogP contribution < -0.4 is 5.32 Å². The molecule has 1 N–H and O–H groups in total. The Bertz CT molecular complexity index is 1260. The van der Waals surface area contributed by atoms with Crippen molar-refractivity contribution in [1.29, 1.82) is 5.26 Å². The molecule has 0 saturated heterocycles. The van der Waals surface area contributed by atoms with Gasteiger partial charge in [0.2, 0.25) is 0 Å². The van der Waals surface area contributed by atoms with Crippen molar-refractivity contribution < 1.29 is 4.79 Å². The monoisotopic (exact) mass is 401 g/mol. The summed E-state index contributed by atoms with van der Waals surface area (Å²) in [5.74, 6) is 0.582. The van der Waals surface area contributed by atoms with E-state index in [1.54, 1.807) is 40.4 Å². The summed E-state index contributed by atoms with van der Waals surface area (Å²) in [7, 11) is 0. The number of thiazole rings is 1. The molecule has 0 bridgehead atoms. The number of nitriles is 1. The predicted octanol–water partition coefficient (Wildman–Crippen LogP) is 5.04. The highest BCUT2D eigenvalue weighted by Crippen LogP contribution is 2.26. The van der Waals surface area contributed by atoms with Crippen LogP contribution in [0, 0.1) is 18.3 Å². The number of anilines is 1. The van der Waals surface area contributed by atoms with Crippen LogP contribution in [0.1, 0.15) is 46.3 Å². The molecule has 0 spiro atoms. The summed E-state index contributed by atoms with van der Waals surface area (Å²) in [5, 5.41) is 20.7. The van der Waals surface area contributed by atoms with Crippen LogP contribution in [0.4, 0.5) is 5.69 Å². The van der Waals surface area contributed by atoms with Gasteiger partial charge in [0.1, 0.15) is 0 Å². The standard InChI is InChI=1S/C22H19N5OS/c1-13(2)21-15(10-23)5-4-6-18(21)22(28)26-17-8-7-16-11-24-27(19(16)9-17)20-12-29-14(3)25-20/h4-9,11-13H,1-3H3,(H,26,28). The molecule has 144 valence electrons. The number of carbonyl (C=O) groups excluding carboxylic acids is 1. The topological polar surface area (TPSA) is 83.6 Å². The van der Waals surface area contributed by atoms with Crippen molar-refractivity contribution in [3.05, 3.63) is 69.7 Å². The molecule has 6 nitrogen and oxygen atoms in total. The molecule has 29 heavy (non-hydrogen) atoms. The third-order valence-electron chi connectivity index (χ3n) is 4.70. The summed E-state index contributed by atoms with van der Waals surface area (Å²) in [6.45, 7) is 5.91. The maximum Gasteiger partial charge on any atom is 0.255 e. The lowest BCUT2D eigenvalue weighted by Gasteiger charge is -2.14. The zero-order valence-electron chi connectivity index (χ0n) is 16.3. The maximum atomic E-state index is 13.0. The first kappa shape index (κ1) is 18.8. The number of aryl methyl sites for hydroxylation is 1. The fourth-order valence-corrected chi connectivity index (χ4v) is 3.98. The number of carbonyl (C=O) groups is 1. The number of nitrogens with one attached hydrogen (secondary N) is 1. The van der Waals surface area contributed by atoms with Gasteiger partial charge in [-0.15, -0.1) is 11.3 Å². The first-order valence-electron chi connectivity index (χ1n) is 9.22. The third kappa shape index (κ3) is 3.50. The molecule has 0 aliphatic rings. The number of aromatic nitrogens is 3. The highest BCUT2D eigenvalue weighted by atomic mass is 32.1. The lowest BCUT2D eigenvalue weighted by molar-refractivity contribution is 0.102. The summed E-state index contributed by atoms with van der Waals surface area (Å²) in [6, 6.07) is 13.1. The van der Waals surface area contributed by atoms with E-state index in [0.717, 1.165) is 27.3 Å². The van der Waals surface area contributed by atoms with E-state index in [1.807, 2.05) is 44.4 Å². The van der Waals surface area contributed by atoms with Crippen molar-refractivity contribution in [2.24, 2.45) is 0 Å². The summed E-state index contributed by atoms with van der Waals surface area (Å²) in [4.78, 5) is 17.5. The molecular formula is C22H19N5OS. The number of rotatable bonds is 4. The second kappa shape index (κ2) is 7.49. The predicted molar refractivity (Wildman–Crippen MR) is 115 cm³/mol. The van der Waals surface area contributed by atoms with Crippen molar-refractivity contribution in [3.63, 3.8) is 0 Å². The average Bonchev–Trinajstić information content (AvgIpc) is 3.32. The van der Waals surface area contributed by atoms with Gasteiger partial charge < -0.3 is 5.32 Å². The van der Waals surface area contributed by atoms with Crippen molar-refractivity contribution in [3.8, 4) is 11.9 Å². The van der Waals surface area contributed by atoms with Crippen LogP contribution in [0.3, 0.4) is 0 Å². The van der Waals surface area contributed by atoms with Crippen LogP contribution in [-0.4, -0.2) is 20.7 Å². The molecule has 2 aromatic carbocycles. The van der Waals surface area contributed by atoms with Gasteiger partial charge in [-0.25, -0.2) is 9.67 Å². The maximum absolute atomic E-state index is 13.0. The lowest BCUT2D eigenvalue weighted by atomic mass is 9.92. The number of amides is 1. The lowest BCUT2D eigenvalue weighted by Crippen LogP contribution is -2.16. The molecule has 0 aliphatic carbocycles. The Kier molecular flexibility index (Phi) is 4.87. The molecular weight excluding hydrogens is 382 g/mol. The SMILES string of the molecule is Cc1nc(-n2ncc3ccc(NC(=O)c4cccc(C#N)c4C(C)C)cc32)cs1. The van der Waals surface area contributed by atoms with Crippen LogP contribution in [0.25, 0.3) is 16.7 Å². The van der Waals surface area contributed by atoms with E-state index in [4.69, 9.17) is 0 Å². The molecule has 4 aromatic rings. The van der Waals surface area contributed by atoms with Crippen molar-refractivity contribution in [2.45, 2.75) is 26.7 Å². The summed E-state index contributed by atoms with van der Waals surface area (Å²) >= 11 is 1.56. The van der Waals surface area contributed by atoms with Crippen LogP contribution in [-0.2, 0) is 0 Å². The van der Waals surface area contributed by atoms with E-state index in [2.05, 4.69) is 21.5 Å². The second-order valence-corrected chi connectivity index (χ2v) is 8.10. The van der Waals surface area contributed by atoms with Crippen molar-refractivity contribution in [2.75, 3.05) is 5.32 Å². The highest BCUT2D eigenvalue weighted by molar-refractivity contribution is 7.09. The molecule has 0 aliphatic heterocycles. The quantitative estimate of drug-likeness (QED) is 0.519. The van der Waals surface area contributed by atoms with Crippen LogP contribution in [0.5, 0.6) is 0 Å². The van der Waals surface area contributed by atoms with E-state index >= 15 is 0 Å². The number of fused-ring (bicyclic) bond motifs is 1. The average molecular weight is 401 g/mol. The highest BCUT2D eigenvalue weighted by Gasteiger charge is 2.18. The van der Waals surface area contributed by atoms with E-state index in [9.17, 15) is 10.1 Å². The molecule has 1 amide bonds. The van der Waals surface area contributed by atoms with Crippen LogP contribution in [0.2, 0.25) is 0 Å². The summed E-state index contributed by atoms with van der Waals surface area (Å²) in [6.07, 6.45) is 1.78. The summed E-state index contributed by atoms with van der Waals surface area (Å²) in [5.41, 5.74) is 3.33. The van der Waals surface area contributed by atoms with Crippen LogP contribution >= 0.6 is 11.3 Å². The van der Waals surface area contributed by atoms with Gasteiger partial charge in [-0.2, -0.15) is 10.4 Å². The van der Waals surface area contributed by atoms with Gasteiger partial charge in [0.15, 0.2) is 5.82 Å². The second-order valence-electron chi connectivity index (χ2n) is 7.04. The fourth-order valence-electron chi connectivity index (χ4n) is 3.41. The molecule has 0 unspecified atom stereocenters. The molecule has 4 rings (SSSR count). The third-order valence-corrected chi connectivity index (χ3v) is 5.46. The zero-order valence-corrected chi connectivity index (χ0v) is 17.1. The zero-order chi connectivity index (χ0) is 20.5. The van der Waals surface area contributed by atoms with Crippen molar-refractivity contribution in [1.82, 2.24) is 14.8 Å². The normalized spacial score (nSPS) is 11.0. The van der Waals surface area contributed by atoms with Gasteiger partial charge in [0.05, 0.1) is 28.4 Å². The minimum Gasteiger partial charge on any atom is -0.322 e. The molecule has 0 atom stereocenters. The van der Waals surface area contributed by atoms with Gasteiger partial charge in [-0.3, -0.25) is 4.79 Å². The Morgan fingerprint density at radius 1 is 1.28 bits per heavy atom. The van der Waals surface area contributed by atoms with E-state index < -0.39 is 0 Å². The van der Waals surface area contributed by atoms with Gasteiger partial charge in [0, 0.05) is 22.0 Å². The van der Waals surface area contributed by atoms with Gasteiger partial charge in [0.25, 0.3) is 5.91 Å². The number of nitrogens with zero attached hydrogens (tertiary/aromatic N) is 4. The molecule has 0 radical (unpaired) electrons. The Morgan fingerprint density at radius 2 is 2.10 bits per heavy atom. The minimum atomic E-state index is -0.235. The molecule has 0 saturated carbocycles. The number of hydrogen-bond donors (Lipinski definition) is 1. The number of hydrogen-bond acceptors (Lipinski definition) is 5. The molecule has 2 aromatic heterocycles. The smallest absolute Gasteiger partial charge is 0.255 e. The number of benzene rings is 2. The van der Waals surface area contributed by atoms with E-state index in [1.165, 1.54) is 0 Å². The van der Waals surface area contributed by atoms with E-state index in [-0.39, 0.29) is 11.8 Å².